The van der Waals surface area contributed by atoms with Crippen molar-refractivity contribution >= 4 is 16.0 Å². The number of rotatable bonds is 5. The van der Waals surface area contributed by atoms with Crippen LogP contribution in [0.1, 0.15) is 13.8 Å². The highest BCUT2D eigenvalue weighted by Gasteiger charge is 2.31. The van der Waals surface area contributed by atoms with Gasteiger partial charge in [0.25, 0.3) is 0 Å². The second-order valence-corrected chi connectivity index (χ2v) is 6.22. The number of esters is 1. The molecule has 1 unspecified atom stereocenters. The summed E-state index contributed by atoms with van der Waals surface area (Å²) in [5, 5.41) is 0. The minimum atomic E-state index is -4.56. The van der Waals surface area contributed by atoms with E-state index in [4.69, 9.17) is 0 Å². The Balaban J connectivity index is 3.23. The highest BCUT2D eigenvalue weighted by atomic mass is 32.2. The molecule has 1 rings (SSSR count). The molecule has 0 fully saturated rings. The molecule has 0 saturated heterocycles. The van der Waals surface area contributed by atoms with Gasteiger partial charge in [-0.2, -0.15) is 4.72 Å². The van der Waals surface area contributed by atoms with E-state index in [9.17, 15) is 26.4 Å². The number of ether oxygens (including phenoxy) is 1. The summed E-state index contributed by atoms with van der Waals surface area (Å²) < 4.78 is 69.8. The fraction of sp³-hybridized carbons (Fsp3) is 0.417. The summed E-state index contributed by atoms with van der Waals surface area (Å²) >= 11 is 0. The van der Waals surface area contributed by atoms with Crippen LogP contribution in [0.5, 0.6) is 0 Å². The van der Waals surface area contributed by atoms with Gasteiger partial charge in [-0.25, -0.2) is 21.6 Å². The first kappa shape index (κ1) is 17.4. The minimum absolute atomic E-state index is 0.482. The lowest BCUT2D eigenvalue weighted by Crippen LogP contribution is -2.45. The van der Waals surface area contributed by atoms with Gasteiger partial charge in [0.1, 0.15) is 10.9 Å². The van der Waals surface area contributed by atoms with Crippen molar-refractivity contribution in [2.45, 2.75) is 24.8 Å². The number of carbonyl (C=O) groups excluding carboxylic acids is 1. The summed E-state index contributed by atoms with van der Waals surface area (Å²) in [6.07, 6.45) is 0. The van der Waals surface area contributed by atoms with Crippen LogP contribution in [0, 0.1) is 23.4 Å². The van der Waals surface area contributed by atoms with Gasteiger partial charge in [0, 0.05) is 0 Å². The maximum Gasteiger partial charge on any atom is 0.324 e. The zero-order valence-electron chi connectivity index (χ0n) is 11.5. The molecule has 0 amide bonds. The van der Waals surface area contributed by atoms with E-state index in [1.54, 1.807) is 0 Å². The van der Waals surface area contributed by atoms with Gasteiger partial charge in [0.15, 0.2) is 17.5 Å². The molecule has 1 atom stereocenters. The molecule has 9 heteroatoms. The molecule has 0 aromatic heterocycles. The van der Waals surface area contributed by atoms with Gasteiger partial charge in [-0.05, 0) is 18.1 Å². The van der Waals surface area contributed by atoms with Gasteiger partial charge >= 0.3 is 5.97 Å². The molecule has 1 aromatic carbocycles. The Bertz CT molecular complexity index is 646. The standard InChI is InChI=1S/C12H14F3NO4S/c1-6(2)11(12(17)20-3)16-21(18,19)8-5-4-7(13)9(14)10(8)15/h4-6,11,16H,1-3H3. The number of benzene rings is 1. The number of hydrogen-bond donors (Lipinski definition) is 1. The monoisotopic (exact) mass is 325 g/mol. The Morgan fingerprint density at radius 2 is 1.76 bits per heavy atom. The normalized spacial score (nSPS) is 13.3. The van der Waals surface area contributed by atoms with Crippen LogP contribution in [0.25, 0.3) is 0 Å². The largest absolute Gasteiger partial charge is 0.468 e. The molecule has 0 spiro atoms. The van der Waals surface area contributed by atoms with Gasteiger partial charge in [0.05, 0.1) is 7.11 Å². The topological polar surface area (TPSA) is 72.5 Å². The number of hydrogen-bond acceptors (Lipinski definition) is 4. The number of methoxy groups -OCH3 is 1. The predicted octanol–water partition coefficient (Wildman–Crippen LogP) is 1.58. The number of nitrogens with one attached hydrogen (secondary N) is 1. The van der Waals surface area contributed by atoms with Crippen molar-refractivity contribution in [3.05, 3.63) is 29.6 Å². The van der Waals surface area contributed by atoms with Crippen molar-refractivity contribution < 1.29 is 31.1 Å². The van der Waals surface area contributed by atoms with Crippen LogP contribution in [0.2, 0.25) is 0 Å². The fourth-order valence-electron chi connectivity index (χ4n) is 1.53. The molecule has 0 aliphatic heterocycles. The first-order valence-corrected chi connectivity index (χ1v) is 7.33. The van der Waals surface area contributed by atoms with Crippen molar-refractivity contribution in [3.63, 3.8) is 0 Å². The van der Waals surface area contributed by atoms with Gasteiger partial charge in [-0.1, -0.05) is 13.8 Å². The van der Waals surface area contributed by atoms with Crippen LogP contribution in [0.3, 0.4) is 0 Å². The van der Waals surface area contributed by atoms with Gasteiger partial charge in [0.2, 0.25) is 10.0 Å². The second-order valence-electron chi connectivity index (χ2n) is 4.54. The maximum absolute atomic E-state index is 13.5. The third-order valence-corrected chi connectivity index (χ3v) is 4.15. The van der Waals surface area contributed by atoms with E-state index in [1.807, 2.05) is 4.72 Å². The van der Waals surface area contributed by atoms with E-state index in [1.165, 1.54) is 13.8 Å². The average molecular weight is 325 g/mol. The highest BCUT2D eigenvalue weighted by molar-refractivity contribution is 7.89. The first-order chi connectivity index (χ1) is 9.61. The Morgan fingerprint density at radius 3 is 2.24 bits per heavy atom. The molecule has 0 aliphatic rings. The van der Waals surface area contributed by atoms with E-state index >= 15 is 0 Å². The fourth-order valence-corrected chi connectivity index (χ4v) is 2.93. The quantitative estimate of drug-likeness (QED) is 0.659. The molecule has 5 nitrogen and oxygen atoms in total. The van der Waals surface area contributed by atoms with E-state index in [2.05, 4.69) is 4.74 Å². The van der Waals surface area contributed by atoms with E-state index in [0.29, 0.717) is 12.1 Å². The lowest BCUT2D eigenvalue weighted by Gasteiger charge is -2.20. The molecule has 21 heavy (non-hydrogen) atoms. The van der Waals surface area contributed by atoms with Crippen LogP contribution >= 0.6 is 0 Å². The van der Waals surface area contributed by atoms with Crippen molar-refractivity contribution in [2.75, 3.05) is 7.11 Å². The van der Waals surface area contributed by atoms with Crippen molar-refractivity contribution in [1.29, 1.82) is 0 Å². The number of halogens is 3. The second kappa shape index (κ2) is 6.44. The summed E-state index contributed by atoms with van der Waals surface area (Å²) in [5.41, 5.74) is 0. The number of carbonyl (C=O) groups is 1. The average Bonchev–Trinajstić information content (AvgIpc) is 2.40. The lowest BCUT2D eigenvalue weighted by atomic mass is 10.1. The molecule has 1 N–H and O–H groups in total. The van der Waals surface area contributed by atoms with E-state index in [0.717, 1.165) is 7.11 Å². The third-order valence-electron chi connectivity index (χ3n) is 2.69. The molecule has 118 valence electrons. The maximum atomic E-state index is 13.5. The zero-order valence-corrected chi connectivity index (χ0v) is 12.3. The molecule has 0 aliphatic carbocycles. The number of sulfonamides is 1. The van der Waals surface area contributed by atoms with Gasteiger partial charge in [-0.15, -0.1) is 0 Å². The summed E-state index contributed by atoms with van der Waals surface area (Å²) in [6.45, 7) is 3.07. The van der Waals surface area contributed by atoms with Crippen molar-refractivity contribution in [3.8, 4) is 0 Å². The minimum Gasteiger partial charge on any atom is -0.468 e. The molecular weight excluding hydrogens is 311 g/mol. The molecule has 0 radical (unpaired) electrons. The Morgan fingerprint density at radius 1 is 1.19 bits per heavy atom. The molecule has 0 bridgehead atoms. The molecule has 0 saturated carbocycles. The SMILES string of the molecule is COC(=O)C(NS(=O)(=O)c1ccc(F)c(F)c1F)C(C)C. The smallest absolute Gasteiger partial charge is 0.324 e. The predicted molar refractivity (Wildman–Crippen MR) is 67.3 cm³/mol. The molecular formula is C12H14F3NO4S. The van der Waals surface area contributed by atoms with E-state index in [-0.39, 0.29) is 0 Å². The summed E-state index contributed by atoms with van der Waals surface area (Å²) in [4.78, 5) is 10.4. The first-order valence-electron chi connectivity index (χ1n) is 5.85. The Labute approximate surface area is 120 Å². The van der Waals surface area contributed by atoms with Gasteiger partial charge in [-0.3, -0.25) is 4.79 Å². The molecule has 0 heterocycles. The van der Waals surface area contributed by atoms with Crippen LogP contribution in [-0.4, -0.2) is 27.5 Å². The highest BCUT2D eigenvalue weighted by Crippen LogP contribution is 2.20. The Kier molecular flexibility index (Phi) is 5.35. The van der Waals surface area contributed by atoms with Crippen LogP contribution in [0.4, 0.5) is 13.2 Å². The molecule has 1 aromatic rings. The van der Waals surface area contributed by atoms with Crippen LogP contribution in [-0.2, 0) is 19.6 Å². The zero-order chi connectivity index (χ0) is 16.4. The lowest BCUT2D eigenvalue weighted by molar-refractivity contribution is -0.143. The summed E-state index contributed by atoms with van der Waals surface area (Å²) in [6, 6.07) is -0.229. The third kappa shape index (κ3) is 3.73. The van der Waals surface area contributed by atoms with Crippen LogP contribution < -0.4 is 4.72 Å². The van der Waals surface area contributed by atoms with Crippen molar-refractivity contribution in [1.82, 2.24) is 4.72 Å². The summed E-state index contributed by atoms with van der Waals surface area (Å²) in [7, 11) is -3.50. The Hall–Kier alpha value is -1.61. The van der Waals surface area contributed by atoms with Gasteiger partial charge < -0.3 is 4.74 Å². The van der Waals surface area contributed by atoms with Crippen molar-refractivity contribution in [2.24, 2.45) is 5.92 Å². The van der Waals surface area contributed by atoms with E-state index < -0.39 is 50.3 Å². The van der Waals surface area contributed by atoms with Crippen LogP contribution in [0.15, 0.2) is 17.0 Å². The summed E-state index contributed by atoms with van der Waals surface area (Å²) in [5.74, 6) is -6.65.